The number of likely N-dealkylation sites (tertiary alicyclic amines) is 1. The van der Waals surface area contributed by atoms with Crippen molar-refractivity contribution in [1.82, 2.24) is 4.90 Å². The van der Waals surface area contributed by atoms with Crippen molar-refractivity contribution in [2.75, 3.05) is 6.54 Å². The fourth-order valence-corrected chi connectivity index (χ4v) is 3.28. The standard InChI is InChI=1S/C17H33NO/c1-4-6-8-9-10-14-17(3,13-7-5-2)18-15-11-12-16(18)19/h4-15H2,1-3H3. The molecule has 0 bridgehead atoms. The number of nitrogens with zero attached hydrogens (tertiary/aromatic N) is 1. The van der Waals surface area contributed by atoms with Crippen molar-refractivity contribution < 1.29 is 4.79 Å². The molecule has 1 amide bonds. The van der Waals surface area contributed by atoms with Gasteiger partial charge in [0.15, 0.2) is 0 Å². The summed E-state index contributed by atoms with van der Waals surface area (Å²) in [5.74, 6) is 0.396. The molecule has 1 aliphatic heterocycles. The lowest BCUT2D eigenvalue weighted by Gasteiger charge is -2.39. The average Bonchev–Trinajstić information content (AvgIpc) is 2.83. The Morgan fingerprint density at radius 1 is 1.00 bits per heavy atom. The molecule has 1 saturated heterocycles. The third-order valence-electron chi connectivity index (χ3n) is 4.61. The Kier molecular flexibility index (Phi) is 7.48. The van der Waals surface area contributed by atoms with Crippen LogP contribution in [-0.2, 0) is 4.79 Å². The first-order chi connectivity index (χ1) is 9.14. The normalized spacial score (nSPS) is 18.9. The van der Waals surface area contributed by atoms with Crippen LogP contribution in [0.2, 0.25) is 0 Å². The predicted molar refractivity (Wildman–Crippen MR) is 82.3 cm³/mol. The van der Waals surface area contributed by atoms with Gasteiger partial charge in [-0.05, 0) is 26.2 Å². The molecule has 1 fully saturated rings. The molecule has 0 aromatic rings. The molecule has 0 aromatic heterocycles. The highest BCUT2D eigenvalue weighted by atomic mass is 16.2. The molecule has 1 unspecified atom stereocenters. The van der Waals surface area contributed by atoms with Crippen molar-refractivity contribution in [2.24, 2.45) is 0 Å². The van der Waals surface area contributed by atoms with Crippen LogP contribution >= 0.6 is 0 Å². The molecule has 1 rings (SSSR count). The summed E-state index contributed by atoms with van der Waals surface area (Å²) >= 11 is 0. The van der Waals surface area contributed by atoms with E-state index in [-0.39, 0.29) is 5.54 Å². The molecule has 112 valence electrons. The molecule has 0 N–H and O–H groups in total. The van der Waals surface area contributed by atoms with Crippen LogP contribution in [0, 0.1) is 0 Å². The highest BCUT2D eigenvalue weighted by molar-refractivity contribution is 5.78. The highest BCUT2D eigenvalue weighted by Crippen LogP contribution is 2.32. The Morgan fingerprint density at radius 2 is 1.63 bits per heavy atom. The van der Waals surface area contributed by atoms with Crippen molar-refractivity contribution >= 4 is 5.91 Å². The minimum atomic E-state index is 0.135. The third kappa shape index (κ3) is 5.16. The molecule has 0 spiro atoms. The van der Waals surface area contributed by atoms with E-state index in [2.05, 4.69) is 25.7 Å². The molecular weight excluding hydrogens is 234 g/mol. The van der Waals surface area contributed by atoms with Crippen molar-refractivity contribution in [3.8, 4) is 0 Å². The molecule has 1 aliphatic rings. The zero-order valence-corrected chi connectivity index (χ0v) is 13.3. The smallest absolute Gasteiger partial charge is 0.223 e. The lowest BCUT2D eigenvalue weighted by atomic mass is 9.87. The minimum Gasteiger partial charge on any atom is -0.337 e. The molecule has 1 heterocycles. The summed E-state index contributed by atoms with van der Waals surface area (Å²) in [6, 6.07) is 0. The Balaban J connectivity index is 2.46. The van der Waals surface area contributed by atoms with Crippen LogP contribution in [0.3, 0.4) is 0 Å². The Morgan fingerprint density at radius 3 is 2.21 bits per heavy atom. The van der Waals surface area contributed by atoms with E-state index in [0.717, 1.165) is 19.4 Å². The van der Waals surface area contributed by atoms with E-state index in [0.29, 0.717) is 5.91 Å². The zero-order valence-electron chi connectivity index (χ0n) is 13.3. The summed E-state index contributed by atoms with van der Waals surface area (Å²) in [6.07, 6.45) is 13.3. The van der Waals surface area contributed by atoms with Gasteiger partial charge < -0.3 is 4.90 Å². The Hall–Kier alpha value is -0.530. The van der Waals surface area contributed by atoms with E-state index >= 15 is 0 Å². The summed E-state index contributed by atoms with van der Waals surface area (Å²) in [6.45, 7) is 7.82. The molecule has 0 radical (unpaired) electrons. The van der Waals surface area contributed by atoms with Gasteiger partial charge in [0.05, 0.1) is 0 Å². The van der Waals surface area contributed by atoms with Gasteiger partial charge in [-0.2, -0.15) is 0 Å². The Labute approximate surface area is 119 Å². The van der Waals surface area contributed by atoms with Gasteiger partial charge >= 0.3 is 0 Å². The van der Waals surface area contributed by atoms with Gasteiger partial charge in [0, 0.05) is 18.5 Å². The molecule has 19 heavy (non-hydrogen) atoms. The maximum atomic E-state index is 12.0. The average molecular weight is 267 g/mol. The summed E-state index contributed by atoms with van der Waals surface area (Å²) < 4.78 is 0. The lowest BCUT2D eigenvalue weighted by molar-refractivity contribution is -0.133. The summed E-state index contributed by atoms with van der Waals surface area (Å²) in [5.41, 5.74) is 0.135. The van der Waals surface area contributed by atoms with Gasteiger partial charge in [0.1, 0.15) is 0 Å². The molecule has 2 nitrogen and oxygen atoms in total. The largest absolute Gasteiger partial charge is 0.337 e. The second-order valence-electron chi connectivity index (χ2n) is 6.41. The van der Waals surface area contributed by atoms with Gasteiger partial charge in [0.25, 0.3) is 0 Å². The first-order valence-corrected chi connectivity index (χ1v) is 8.44. The van der Waals surface area contributed by atoms with Crippen molar-refractivity contribution in [3.63, 3.8) is 0 Å². The first-order valence-electron chi connectivity index (χ1n) is 8.44. The minimum absolute atomic E-state index is 0.135. The number of unbranched alkanes of at least 4 members (excludes halogenated alkanes) is 5. The maximum absolute atomic E-state index is 12.0. The van der Waals surface area contributed by atoms with E-state index in [1.165, 1.54) is 57.8 Å². The van der Waals surface area contributed by atoms with E-state index in [1.807, 2.05) is 0 Å². The number of carbonyl (C=O) groups excluding carboxylic acids is 1. The first kappa shape index (κ1) is 16.5. The van der Waals surface area contributed by atoms with Gasteiger partial charge in [-0.25, -0.2) is 0 Å². The number of amides is 1. The lowest BCUT2D eigenvalue weighted by Crippen LogP contribution is -2.47. The fraction of sp³-hybridized carbons (Fsp3) is 0.941. The van der Waals surface area contributed by atoms with Crippen LogP contribution in [0.5, 0.6) is 0 Å². The van der Waals surface area contributed by atoms with Gasteiger partial charge in [0.2, 0.25) is 5.91 Å². The number of carbonyl (C=O) groups is 1. The second-order valence-corrected chi connectivity index (χ2v) is 6.41. The molecule has 0 aliphatic carbocycles. The van der Waals surface area contributed by atoms with E-state index in [4.69, 9.17) is 0 Å². The van der Waals surface area contributed by atoms with Gasteiger partial charge in [-0.15, -0.1) is 0 Å². The molecule has 0 saturated carbocycles. The topological polar surface area (TPSA) is 20.3 Å². The monoisotopic (exact) mass is 267 g/mol. The maximum Gasteiger partial charge on any atom is 0.223 e. The quantitative estimate of drug-likeness (QED) is 0.515. The number of hydrogen-bond donors (Lipinski definition) is 0. The second kappa shape index (κ2) is 8.60. The van der Waals surface area contributed by atoms with E-state index < -0.39 is 0 Å². The molecular formula is C17H33NO. The van der Waals surface area contributed by atoms with Crippen LogP contribution < -0.4 is 0 Å². The Bertz CT molecular complexity index is 264. The zero-order chi connectivity index (χ0) is 14.1. The number of rotatable bonds is 10. The SMILES string of the molecule is CCCCCCCC(C)(CCCC)N1CCCC1=O. The van der Waals surface area contributed by atoms with Crippen LogP contribution in [0.25, 0.3) is 0 Å². The molecule has 2 heteroatoms. The van der Waals surface area contributed by atoms with Crippen molar-refractivity contribution in [2.45, 2.75) is 96.9 Å². The molecule has 0 aromatic carbocycles. The third-order valence-corrected chi connectivity index (χ3v) is 4.61. The van der Waals surface area contributed by atoms with E-state index in [9.17, 15) is 4.79 Å². The van der Waals surface area contributed by atoms with Crippen molar-refractivity contribution in [3.05, 3.63) is 0 Å². The summed E-state index contributed by atoms with van der Waals surface area (Å²) in [5, 5.41) is 0. The fourth-order valence-electron chi connectivity index (χ4n) is 3.28. The van der Waals surface area contributed by atoms with E-state index in [1.54, 1.807) is 0 Å². The van der Waals surface area contributed by atoms with Crippen molar-refractivity contribution in [1.29, 1.82) is 0 Å². The predicted octanol–water partition coefficient (Wildman–Crippen LogP) is 4.92. The summed E-state index contributed by atoms with van der Waals surface area (Å²) in [4.78, 5) is 14.2. The summed E-state index contributed by atoms with van der Waals surface area (Å²) in [7, 11) is 0. The highest BCUT2D eigenvalue weighted by Gasteiger charge is 2.36. The molecule has 1 atom stereocenters. The van der Waals surface area contributed by atoms with Crippen LogP contribution in [0.4, 0.5) is 0 Å². The van der Waals surface area contributed by atoms with Crippen LogP contribution in [0.1, 0.15) is 91.4 Å². The van der Waals surface area contributed by atoms with Gasteiger partial charge in [-0.3, -0.25) is 4.79 Å². The number of hydrogen-bond acceptors (Lipinski definition) is 1. The van der Waals surface area contributed by atoms with Crippen LogP contribution in [0.15, 0.2) is 0 Å². The van der Waals surface area contributed by atoms with Gasteiger partial charge in [-0.1, -0.05) is 58.8 Å². The van der Waals surface area contributed by atoms with Crippen LogP contribution in [-0.4, -0.2) is 22.9 Å².